The standard InChI is InChI=1S/C15H13Br2NO/c16-9-11-5-7-12(8-6-11)10-18-15(19)13-3-1-2-4-14(13)17/h1-8H,9-10H2,(H,18,19). The number of carbonyl (C=O) groups excluding carboxylic acids is 1. The van der Waals surface area contributed by atoms with Crippen LogP contribution in [-0.4, -0.2) is 5.91 Å². The highest BCUT2D eigenvalue weighted by Crippen LogP contribution is 2.15. The molecule has 2 rings (SSSR count). The molecule has 0 fully saturated rings. The van der Waals surface area contributed by atoms with Crippen LogP contribution in [0.25, 0.3) is 0 Å². The second-order valence-corrected chi connectivity index (χ2v) is 5.53. The largest absolute Gasteiger partial charge is 0.348 e. The van der Waals surface area contributed by atoms with E-state index in [1.807, 2.05) is 30.3 Å². The average Bonchev–Trinajstić information content (AvgIpc) is 2.46. The molecule has 0 aliphatic heterocycles. The van der Waals surface area contributed by atoms with Crippen molar-refractivity contribution in [3.63, 3.8) is 0 Å². The van der Waals surface area contributed by atoms with Crippen molar-refractivity contribution in [1.29, 1.82) is 0 Å². The SMILES string of the molecule is O=C(NCc1ccc(CBr)cc1)c1ccccc1Br. The van der Waals surface area contributed by atoms with E-state index in [4.69, 9.17) is 0 Å². The Hall–Kier alpha value is -1.13. The molecular weight excluding hydrogens is 370 g/mol. The van der Waals surface area contributed by atoms with Gasteiger partial charge in [0, 0.05) is 16.3 Å². The van der Waals surface area contributed by atoms with Gasteiger partial charge < -0.3 is 5.32 Å². The molecule has 0 saturated carbocycles. The molecule has 0 unspecified atom stereocenters. The normalized spacial score (nSPS) is 10.2. The summed E-state index contributed by atoms with van der Waals surface area (Å²) in [6.07, 6.45) is 0. The van der Waals surface area contributed by atoms with E-state index in [2.05, 4.69) is 49.3 Å². The van der Waals surface area contributed by atoms with Crippen LogP contribution < -0.4 is 5.32 Å². The Labute approximate surface area is 129 Å². The third-order valence-corrected chi connectivity index (χ3v) is 4.09. The highest BCUT2D eigenvalue weighted by Gasteiger charge is 2.08. The number of halogens is 2. The van der Waals surface area contributed by atoms with E-state index in [0.717, 1.165) is 15.4 Å². The first kappa shape index (κ1) is 14.3. The van der Waals surface area contributed by atoms with Gasteiger partial charge in [0.05, 0.1) is 5.56 Å². The Bertz CT molecular complexity index is 567. The van der Waals surface area contributed by atoms with E-state index < -0.39 is 0 Å². The van der Waals surface area contributed by atoms with E-state index in [1.54, 1.807) is 6.07 Å². The molecule has 0 saturated heterocycles. The summed E-state index contributed by atoms with van der Waals surface area (Å²) in [4.78, 5) is 12.0. The van der Waals surface area contributed by atoms with Crippen LogP contribution in [-0.2, 0) is 11.9 Å². The van der Waals surface area contributed by atoms with Crippen LogP contribution in [0.1, 0.15) is 21.5 Å². The second-order valence-electron chi connectivity index (χ2n) is 4.11. The zero-order valence-corrected chi connectivity index (χ0v) is 13.4. The van der Waals surface area contributed by atoms with Crippen LogP contribution in [0.5, 0.6) is 0 Å². The number of amides is 1. The smallest absolute Gasteiger partial charge is 0.252 e. The lowest BCUT2D eigenvalue weighted by Gasteiger charge is -2.07. The zero-order chi connectivity index (χ0) is 13.7. The molecule has 0 bridgehead atoms. The van der Waals surface area contributed by atoms with Crippen molar-refractivity contribution in [3.05, 3.63) is 69.7 Å². The summed E-state index contributed by atoms with van der Waals surface area (Å²) in [5.74, 6) is -0.0722. The minimum atomic E-state index is -0.0722. The van der Waals surface area contributed by atoms with E-state index in [9.17, 15) is 4.79 Å². The molecular formula is C15H13Br2NO. The molecule has 98 valence electrons. The van der Waals surface area contributed by atoms with Crippen LogP contribution in [0, 0.1) is 0 Å². The number of nitrogens with one attached hydrogen (secondary N) is 1. The van der Waals surface area contributed by atoms with Crippen LogP contribution >= 0.6 is 31.9 Å². The van der Waals surface area contributed by atoms with E-state index in [0.29, 0.717) is 12.1 Å². The summed E-state index contributed by atoms with van der Waals surface area (Å²) in [6.45, 7) is 0.530. The lowest BCUT2D eigenvalue weighted by molar-refractivity contribution is 0.0950. The van der Waals surface area contributed by atoms with Gasteiger partial charge in [-0.05, 0) is 39.2 Å². The Morgan fingerprint density at radius 3 is 2.26 bits per heavy atom. The molecule has 1 amide bonds. The number of hydrogen-bond acceptors (Lipinski definition) is 1. The van der Waals surface area contributed by atoms with Gasteiger partial charge in [-0.15, -0.1) is 0 Å². The van der Waals surface area contributed by atoms with Gasteiger partial charge in [0.1, 0.15) is 0 Å². The molecule has 0 spiro atoms. The summed E-state index contributed by atoms with van der Waals surface area (Å²) in [7, 11) is 0. The third kappa shape index (κ3) is 3.91. The van der Waals surface area contributed by atoms with Crippen LogP contribution in [0.15, 0.2) is 53.0 Å². The van der Waals surface area contributed by atoms with Crippen molar-refractivity contribution >= 4 is 37.8 Å². The molecule has 0 aliphatic rings. The van der Waals surface area contributed by atoms with Crippen molar-refractivity contribution < 1.29 is 4.79 Å². The van der Waals surface area contributed by atoms with Crippen LogP contribution in [0.3, 0.4) is 0 Å². The van der Waals surface area contributed by atoms with Gasteiger partial charge in [-0.1, -0.05) is 52.3 Å². The maximum Gasteiger partial charge on any atom is 0.252 e. The molecule has 0 heterocycles. The molecule has 0 atom stereocenters. The maximum absolute atomic E-state index is 12.0. The lowest BCUT2D eigenvalue weighted by Crippen LogP contribution is -2.23. The van der Waals surface area contributed by atoms with Crippen molar-refractivity contribution in [2.24, 2.45) is 0 Å². The van der Waals surface area contributed by atoms with Gasteiger partial charge in [-0.3, -0.25) is 4.79 Å². The molecule has 0 aliphatic carbocycles. The van der Waals surface area contributed by atoms with Crippen LogP contribution in [0.4, 0.5) is 0 Å². The second kappa shape index (κ2) is 6.87. The molecule has 2 nitrogen and oxygen atoms in total. The summed E-state index contributed by atoms with van der Waals surface area (Å²) in [5, 5.41) is 3.76. The van der Waals surface area contributed by atoms with Crippen molar-refractivity contribution in [3.8, 4) is 0 Å². The van der Waals surface area contributed by atoms with Gasteiger partial charge >= 0.3 is 0 Å². The highest BCUT2D eigenvalue weighted by atomic mass is 79.9. The summed E-state index contributed by atoms with van der Waals surface area (Å²) >= 11 is 6.78. The highest BCUT2D eigenvalue weighted by molar-refractivity contribution is 9.10. The summed E-state index contributed by atoms with van der Waals surface area (Å²) < 4.78 is 0.808. The fraction of sp³-hybridized carbons (Fsp3) is 0.133. The summed E-state index contributed by atoms with van der Waals surface area (Å²) in [6, 6.07) is 15.6. The molecule has 2 aromatic rings. The monoisotopic (exact) mass is 381 g/mol. The van der Waals surface area contributed by atoms with Gasteiger partial charge in [0.15, 0.2) is 0 Å². The molecule has 1 N–H and O–H groups in total. The minimum absolute atomic E-state index is 0.0722. The third-order valence-electron chi connectivity index (χ3n) is 2.75. The predicted octanol–water partition coefficient (Wildman–Crippen LogP) is 4.27. The summed E-state index contributed by atoms with van der Waals surface area (Å²) in [5.41, 5.74) is 2.96. The first-order valence-electron chi connectivity index (χ1n) is 5.87. The van der Waals surface area contributed by atoms with Crippen molar-refractivity contribution in [2.75, 3.05) is 0 Å². The zero-order valence-electron chi connectivity index (χ0n) is 10.2. The molecule has 0 aromatic heterocycles. The number of carbonyl (C=O) groups is 1. The first-order valence-corrected chi connectivity index (χ1v) is 7.78. The lowest BCUT2D eigenvalue weighted by atomic mass is 10.1. The number of hydrogen-bond donors (Lipinski definition) is 1. The van der Waals surface area contributed by atoms with Crippen molar-refractivity contribution in [1.82, 2.24) is 5.32 Å². The molecule has 4 heteroatoms. The average molecular weight is 383 g/mol. The predicted molar refractivity (Wildman–Crippen MR) is 84.4 cm³/mol. The molecule has 2 aromatic carbocycles. The topological polar surface area (TPSA) is 29.1 Å². The fourth-order valence-electron chi connectivity index (χ4n) is 1.67. The van der Waals surface area contributed by atoms with Gasteiger partial charge in [-0.25, -0.2) is 0 Å². The van der Waals surface area contributed by atoms with Crippen molar-refractivity contribution in [2.45, 2.75) is 11.9 Å². The van der Waals surface area contributed by atoms with Gasteiger partial charge in [0.2, 0.25) is 0 Å². The Kier molecular flexibility index (Phi) is 5.16. The maximum atomic E-state index is 12.0. The minimum Gasteiger partial charge on any atom is -0.348 e. The Balaban J connectivity index is 1.98. The van der Waals surface area contributed by atoms with Crippen LogP contribution in [0.2, 0.25) is 0 Å². The molecule has 0 radical (unpaired) electrons. The van der Waals surface area contributed by atoms with Gasteiger partial charge in [0.25, 0.3) is 5.91 Å². The Morgan fingerprint density at radius 1 is 1.00 bits per heavy atom. The van der Waals surface area contributed by atoms with E-state index in [-0.39, 0.29) is 5.91 Å². The molecule has 19 heavy (non-hydrogen) atoms. The fourth-order valence-corrected chi connectivity index (χ4v) is 2.51. The van der Waals surface area contributed by atoms with E-state index >= 15 is 0 Å². The Morgan fingerprint density at radius 2 is 1.63 bits per heavy atom. The quantitative estimate of drug-likeness (QED) is 0.786. The number of alkyl halides is 1. The number of rotatable bonds is 4. The number of benzene rings is 2. The first-order chi connectivity index (χ1) is 9.20. The van der Waals surface area contributed by atoms with E-state index in [1.165, 1.54) is 5.56 Å². The van der Waals surface area contributed by atoms with Gasteiger partial charge in [-0.2, -0.15) is 0 Å².